The van der Waals surface area contributed by atoms with E-state index in [1.165, 1.54) is 6.20 Å². The lowest BCUT2D eigenvalue weighted by Gasteiger charge is -2.07. The zero-order valence-electron chi connectivity index (χ0n) is 13.9. The van der Waals surface area contributed by atoms with Crippen LogP contribution in [0.2, 0.25) is 0 Å². The highest BCUT2D eigenvalue weighted by atomic mass is 19.1. The van der Waals surface area contributed by atoms with Gasteiger partial charge in [-0.2, -0.15) is 0 Å². The van der Waals surface area contributed by atoms with Gasteiger partial charge in [0, 0.05) is 43.1 Å². The van der Waals surface area contributed by atoms with Gasteiger partial charge in [-0.25, -0.2) is 14.4 Å². The fraction of sp³-hybridized carbons (Fsp3) is 0.0526. The molecule has 3 heterocycles. The van der Waals surface area contributed by atoms with Crippen molar-refractivity contribution < 1.29 is 9.18 Å². The van der Waals surface area contributed by atoms with Crippen molar-refractivity contribution in [3.05, 3.63) is 85.0 Å². The Morgan fingerprint density at radius 3 is 2.81 bits per heavy atom. The number of pyridine rings is 1. The topological polar surface area (TPSA) is 65.6 Å². The van der Waals surface area contributed by atoms with Gasteiger partial charge in [0.05, 0.1) is 6.20 Å². The van der Waals surface area contributed by atoms with Crippen molar-refractivity contribution in [2.24, 2.45) is 7.05 Å². The molecule has 0 saturated carbocycles. The number of hydrogen-bond acceptors (Lipinski definition) is 4. The lowest BCUT2D eigenvalue weighted by molar-refractivity contribution is 0.102. The van der Waals surface area contributed by atoms with Crippen LogP contribution in [-0.2, 0) is 7.05 Å². The van der Waals surface area contributed by atoms with E-state index >= 15 is 0 Å². The second-order valence-electron chi connectivity index (χ2n) is 5.76. The molecule has 26 heavy (non-hydrogen) atoms. The highest BCUT2D eigenvalue weighted by Crippen LogP contribution is 2.24. The zero-order chi connectivity index (χ0) is 18.1. The molecule has 3 aromatic heterocycles. The summed E-state index contributed by atoms with van der Waals surface area (Å²) in [6, 6.07) is 8.95. The number of hydrogen-bond donors (Lipinski definition) is 0. The highest BCUT2D eigenvalue weighted by Gasteiger charge is 2.17. The highest BCUT2D eigenvalue weighted by molar-refractivity contribution is 6.05. The number of aryl methyl sites for hydroxylation is 1. The summed E-state index contributed by atoms with van der Waals surface area (Å²) in [6.45, 7) is 0. The summed E-state index contributed by atoms with van der Waals surface area (Å²) < 4.78 is 17.3. The van der Waals surface area contributed by atoms with Crippen molar-refractivity contribution in [2.75, 3.05) is 0 Å². The van der Waals surface area contributed by atoms with Gasteiger partial charge in [0.2, 0.25) is 5.78 Å². The number of halogens is 1. The van der Waals surface area contributed by atoms with Crippen molar-refractivity contribution in [3.63, 3.8) is 0 Å². The van der Waals surface area contributed by atoms with Gasteiger partial charge in [-0.3, -0.25) is 9.78 Å². The molecule has 0 aliphatic carbocycles. The Kier molecular flexibility index (Phi) is 3.89. The molecule has 7 heteroatoms. The standard InChI is InChI=1S/C19H14FN5O/c1-24-8-7-22-19(24)18(26)17-11-25(12-23-17)14-4-2-3-13(9-14)15-5-6-21-10-16(15)20/h2-12H,1H3. The van der Waals surface area contributed by atoms with Crippen molar-refractivity contribution >= 4 is 5.78 Å². The Bertz CT molecular complexity index is 1100. The summed E-state index contributed by atoms with van der Waals surface area (Å²) in [5, 5.41) is 0. The first kappa shape index (κ1) is 15.9. The molecular weight excluding hydrogens is 333 g/mol. The van der Waals surface area contributed by atoms with Crippen LogP contribution >= 0.6 is 0 Å². The Labute approximate surface area is 148 Å². The van der Waals surface area contributed by atoms with Crippen molar-refractivity contribution in [2.45, 2.75) is 0 Å². The Hall–Kier alpha value is -3.61. The van der Waals surface area contributed by atoms with Crippen molar-refractivity contribution in [3.8, 4) is 16.8 Å². The predicted molar refractivity (Wildman–Crippen MR) is 93.4 cm³/mol. The summed E-state index contributed by atoms with van der Waals surface area (Å²) in [4.78, 5) is 24.5. The first-order valence-electron chi connectivity index (χ1n) is 7.90. The normalized spacial score (nSPS) is 10.8. The number of benzene rings is 1. The first-order valence-corrected chi connectivity index (χ1v) is 7.90. The molecule has 0 fully saturated rings. The van der Waals surface area contributed by atoms with Gasteiger partial charge >= 0.3 is 0 Å². The van der Waals surface area contributed by atoms with E-state index < -0.39 is 0 Å². The quantitative estimate of drug-likeness (QED) is 0.532. The maximum absolute atomic E-state index is 14.0. The number of nitrogens with zero attached hydrogens (tertiary/aromatic N) is 5. The van der Waals surface area contributed by atoms with Crippen LogP contribution < -0.4 is 0 Å². The second-order valence-corrected chi connectivity index (χ2v) is 5.76. The molecule has 0 radical (unpaired) electrons. The molecule has 6 nitrogen and oxygen atoms in total. The lowest BCUT2D eigenvalue weighted by Crippen LogP contribution is -2.09. The van der Waals surface area contributed by atoms with Gasteiger partial charge in [-0.1, -0.05) is 12.1 Å². The second kappa shape index (κ2) is 6.36. The maximum Gasteiger partial charge on any atom is 0.248 e. The Balaban J connectivity index is 1.68. The van der Waals surface area contributed by atoms with E-state index in [9.17, 15) is 9.18 Å². The van der Waals surface area contributed by atoms with E-state index in [4.69, 9.17) is 0 Å². The van der Waals surface area contributed by atoms with Crippen molar-refractivity contribution in [1.29, 1.82) is 0 Å². The molecule has 128 valence electrons. The Morgan fingerprint density at radius 1 is 1.15 bits per heavy atom. The molecule has 4 aromatic rings. The fourth-order valence-electron chi connectivity index (χ4n) is 2.72. The van der Waals surface area contributed by atoms with Gasteiger partial charge < -0.3 is 9.13 Å². The third-order valence-corrected chi connectivity index (χ3v) is 4.07. The maximum atomic E-state index is 14.0. The number of aromatic nitrogens is 5. The summed E-state index contributed by atoms with van der Waals surface area (Å²) >= 11 is 0. The van der Waals surface area contributed by atoms with Crippen LogP contribution in [0.15, 0.2) is 67.6 Å². The van der Waals surface area contributed by atoms with E-state index in [0.717, 1.165) is 5.69 Å². The molecule has 0 N–H and O–H groups in total. The fourth-order valence-corrected chi connectivity index (χ4v) is 2.72. The smallest absolute Gasteiger partial charge is 0.248 e. The van der Waals surface area contributed by atoms with Crippen LogP contribution in [0.25, 0.3) is 16.8 Å². The molecule has 4 rings (SSSR count). The summed E-state index contributed by atoms with van der Waals surface area (Å²) in [7, 11) is 1.75. The van der Waals surface area contributed by atoms with Crippen LogP contribution in [0.1, 0.15) is 16.3 Å². The van der Waals surface area contributed by atoms with Gasteiger partial charge in [0.1, 0.15) is 17.8 Å². The number of ketones is 1. The van der Waals surface area contributed by atoms with Gasteiger partial charge in [0.25, 0.3) is 0 Å². The minimum Gasteiger partial charge on any atom is -0.331 e. The summed E-state index contributed by atoms with van der Waals surface area (Å²) in [6.07, 6.45) is 9.19. The summed E-state index contributed by atoms with van der Waals surface area (Å²) in [5.74, 6) is -0.323. The zero-order valence-corrected chi connectivity index (χ0v) is 13.9. The lowest BCUT2D eigenvalue weighted by atomic mass is 10.1. The molecule has 0 aliphatic heterocycles. The number of rotatable bonds is 4. The van der Waals surface area contributed by atoms with Crippen LogP contribution in [-0.4, -0.2) is 29.9 Å². The number of carbonyl (C=O) groups is 1. The molecule has 0 amide bonds. The largest absolute Gasteiger partial charge is 0.331 e. The van der Waals surface area contributed by atoms with Gasteiger partial charge in [0.15, 0.2) is 5.82 Å². The van der Waals surface area contributed by atoms with E-state index in [1.807, 2.05) is 24.3 Å². The van der Waals surface area contributed by atoms with E-state index in [-0.39, 0.29) is 11.6 Å². The summed E-state index contributed by atoms with van der Waals surface area (Å²) in [5.41, 5.74) is 2.24. The van der Waals surface area contributed by atoms with Gasteiger partial charge in [-0.15, -0.1) is 0 Å². The van der Waals surface area contributed by atoms with Crippen LogP contribution in [0, 0.1) is 5.82 Å². The monoisotopic (exact) mass is 347 g/mol. The molecule has 0 aliphatic rings. The molecule has 0 spiro atoms. The SMILES string of the molecule is Cn1ccnc1C(=O)c1cn(-c2cccc(-c3ccncc3F)c2)cn1. The average molecular weight is 347 g/mol. The van der Waals surface area contributed by atoms with Crippen LogP contribution in [0.4, 0.5) is 4.39 Å². The average Bonchev–Trinajstić information content (AvgIpc) is 3.31. The van der Waals surface area contributed by atoms with Crippen LogP contribution in [0.5, 0.6) is 0 Å². The van der Waals surface area contributed by atoms with Gasteiger partial charge in [-0.05, 0) is 23.8 Å². The van der Waals surface area contributed by atoms with E-state index in [1.54, 1.807) is 53.4 Å². The number of imidazole rings is 2. The minimum absolute atomic E-state index is 0.257. The van der Waals surface area contributed by atoms with Crippen LogP contribution in [0.3, 0.4) is 0 Å². The Morgan fingerprint density at radius 2 is 2.04 bits per heavy atom. The predicted octanol–water partition coefficient (Wildman–Crippen LogP) is 3.04. The third-order valence-electron chi connectivity index (χ3n) is 4.07. The molecule has 0 saturated heterocycles. The minimum atomic E-state index is -0.388. The molecule has 0 atom stereocenters. The molecular formula is C19H14FN5O. The number of carbonyl (C=O) groups excluding carboxylic acids is 1. The molecule has 0 unspecified atom stereocenters. The van der Waals surface area contributed by atoms with E-state index in [2.05, 4.69) is 15.0 Å². The third kappa shape index (κ3) is 2.79. The van der Waals surface area contributed by atoms with Crippen molar-refractivity contribution in [1.82, 2.24) is 24.1 Å². The van der Waals surface area contributed by atoms with E-state index in [0.29, 0.717) is 22.6 Å². The first-order chi connectivity index (χ1) is 12.6. The molecule has 1 aromatic carbocycles. The molecule has 0 bridgehead atoms.